The minimum absolute atomic E-state index is 0.0421. The molecule has 0 aliphatic carbocycles. The topological polar surface area (TPSA) is 80.7 Å². The zero-order valence-electron chi connectivity index (χ0n) is 9.61. The molecule has 0 unspecified atom stereocenters. The summed E-state index contributed by atoms with van der Waals surface area (Å²) < 4.78 is 5.52. The van der Waals surface area contributed by atoms with Gasteiger partial charge in [-0.05, 0) is 17.5 Å². The van der Waals surface area contributed by atoms with Crippen molar-refractivity contribution in [2.24, 2.45) is 10.9 Å². The summed E-state index contributed by atoms with van der Waals surface area (Å²) in [6, 6.07) is 7.37. The second-order valence-corrected chi connectivity index (χ2v) is 4.58. The van der Waals surface area contributed by atoms with Gasteiger partial charge in [-0.15, -0.1) is 11.3 Å². The van der Waals surface area contributed by atoms with Crippen molar-refractivity contribution in [1.82, 2.24) is 4.98 Å². The fraction of sp³-hybridized carbons (Fsp3) is 0.167. The van der Waals surface area contributed by atoms with E-state index in [1.807, 2.05) is 11.4 Å². The smallest absolute Gasteiger partial charge is 0.213 e. The van der Waals surface area contributed by atoms with Gasteiger partial charge >= 0.3 is 0 Å². The second kappa shape index (κ2) is 6.02. The normalized spacial score (nSPS) is 11.4. The van der Waals surface area contributed by atoms with Crippen LogP contribution < -0.4 is 10.5 Å². The van der Waals surface area contributed by atoms with Crippen LogP contribution in [-0.2, 0) is 6.42 Å². The first-order chi connectivity index (χ1) is 8.79. The van der Waals surface area contributed by atoms with Crippen molar-refractivity contribution in [3.8, 4) is 5.88 Å². The Labute approximate surface area is 109 Å². The number of pyridine rings is 1. The molecule has 2 aromatic rings. The number of rotatable bonds is 5. The summed E-state index contributed by atoms with van der Waals surface area (Å²) in [6.45, 7) is 0.549. The molecule has 0 amide bonds. The molecule has 0 aliphatic rings. The summed E-state index contributed by atoms with van der Waals surface area (Å²) in [5.41, 5.74) is 6.07. The first kappa shape index (κ1) is 12.4. The molecule has 0 radical (unpaired) electrons. The monoisotopic (exact) mass is 263 g/mol. The van der Waals surface area contributed by atoms with E-state index in [0.29, 0.717) is 18.1 Å². The van der Waals surface area contributed by atoms with E-state index in [1.165, 1.54) is 4.88 Å². The van der Waals surface area contributed by atoms with Crippen molar-refractivity contribution in [3.63, 3.8) is 0 Å². The number of nitrogens with zero attached hydrogens (tertiary/aromatic N) is 2. The van der Waals surface area contributed by atoms with E-state index in [2.05, 4.69) is 16.2 Å². The molecule has 2 heterocycles. The lowest BCUT2D eigenvalue weighted by Gasteiger charge is -2.05. The van der Waals surface area contributed by atoms with Gasteiger partial charge in [0.15, 0.2) is 5.84 Å². The number of hydrogen-bond acceptors (Lipinski definition) is 5. The number of amidine groups is 1. The van der Waals surface area contributed by atoms with Gasteiger partial charge in [0.25, 0.3) is 0 Å². The molecule has 0 saturated heterocycles. The summed E-state index contributed by atoms with van der Waals surface area (Å²) in [5.74, 6) is 0.510. The Morgan fingerprint density at radius 2 is 2.39 bits per heavy atom. The quantitative estimate of drug-likeness (QED) is 0.373. The van der Waals surface area contributed by atoms with Crippen molar-refractivity contribution in [3.05, 3.63) is 46.3 Å². The fourth-order valence-electron chi connectivity index (χ4n) is 1.42. The maximum atomic E-state index is 8.58. The molecule has 0 bridgehead atoms. The van der Waals surface area contributed by atoms with Crippen LogP contribution in [0.5, 0.6) is 5.88 Å². The Hall–Kier alpha value is -2.08. The van der Waals surface area contributed by atoms with Crippen molar-refractivity contribution < 1.29 is 9.94 Å². The molecule has 6 heteroatoms. The number of nitrogens with two attached hydrogens (primary N) is 1. The van der Waals surface area contributed by atoms with Gasteiger partial charge in [0.05, 0.1) is 6.61 Å². The molecule has 0 aliphatic heterocycles. The number of thiophene rings is 1. The van der Waals surface area contributed by atoms with Gasteiger partial charge in [0, 0.05) is 29.1 Å². The summed E-state index contributed by atoms with van der Waals surface area (Å²) in [6.07, 6.45) is 2.40. The molecular weight excluding hydrogens is 250 g/mol. The lowest BCUT2D eigenvalue weighted by Crippen LogP contribution is -2.13. The van der Waals surface area contributed by atoms with Crippen LogP contribution >= 0.6 is 11.3 Å². The average molecular weight is 263 g/mol. The second-order valence-electron chi connectivity index (χ2n) is 3.55. The first-order valence-corrected chi connectivity index (χ1v) is 6.26. The first-order valence-electron chi connectivity index (χ1n) is 5.38. The molecule has 3 N–H and O–H groups in total. The van der Waals surface area contributed by atoms with Crippen LogP contribution in [0.1, 0.15) is 10.4 Å². The third-order valence-electron chi connectivity index (χ3n) is 2.32. The van der Waals surface area contributed by atoms with Crippen molar-refractivity contribution >= 4 is 17.2 Å². The third kappa shape index (κ3) is 3.21. The zero-order chi connectivity index (χ0) is 12.8. The highest BCUT2D eigenvalue weighted by atomic mass is 32.1. The van der Waals surface area contributed by atoms with Crippen LogP contribution in [0.2, 0.25) is 0 Å². The van der Waals surface area contributed by atoms with E-state index in [0.717, 1.165) is 6.42 Å². The fourth-order valence-corrected chi connectivity index (χ4v) is 2.11. The van der Waals surface area contributed by atoms with E-state index in [4.69, 9.17) is 15.7 Å². The molecule has 94 valence electrons. The van der Waals surface area contributed by atoms with Crippen LogP contribution in [0.4, 0.5) is 0 Å². The highest BCUT2D eigenvalue weighted by Gasteiger charge is 2.03. The third-order valence-corrected chi connectivity index (χ3v) is 3.25. The number of hydrogen-bond donors (Lipinski definition) is 2. The van der Waals surface area contributed by atoms with E-state index < -0.39 is 0 Å². The standard InChI is InChI=1S/C12H13N3O2S/c13-12(15-16)9-3-5-14-11(8-9)17-6-4-10-2-1-7-18-10/h1-3,5,7-8,16H,4,6H2,(H2,13,15). The zero-order valence-corrected chi connectivity index (χ0v) is 10.4. The molecule has 5 nitrogen and oxygen atoms in total. The van der Waals surface area contributed by atoms with Gasteiger partial charge in [-0.1, -0.05) is 11.2 Å². The van der Waals surface area contributed by atoms with Gasteiger partial charge in [0.2, 0.25) is 5.88 Å². The van der Waals surface area contributed by atoms with Gasteiger partial charge < -0.3 is 15.7 Å². The highest BCUT2D eigenvalue weighted by molar-refractivity contribution is 7.09. The number of ether oxygens (including phenoxy) is 1. The summed E-state index contributed by atoms with van der Waals surface area (Å²) >= 11 is 1.70. The summed E-state index contributed by atoms with van der Waals surface area (Å²) in [4.78, 5) is 5.33. The van der Waals surface area contributed by atoms with Gasteiger partial charge in [-0.2, -0.15) is 0 Å². The summed E-state index contributed by atoms with van der Waals surface area (Å²) in [7, 11) is 0. The number of oxime groups is 1. The highest BCUT2D eigenvalue weighted by Crippen LogP contribution is 2.12. The molecule has 0 atom stereocenters. The van der Waals surface area contributed by atoms with Crippen LogP contribution in [0.25, 0.3) is 0 Å². The molecule has 2 aromatic heterocycles. The van der Waals surface area contributed by atoms with Gasteiger partial charge in [0.1, 0.15) is 0 Å². The maximum absolute atomic E-state index is 8.58. The van der Waals surface area contributed by atoms with Crippen molar-refractivity contribution in [1.29, 1.82) is 0 Å². The molecule has 0 spiro atoms. The summed E-state index contributed by atoms with van der Waals surface area (Å²) in [5, 5.41) is 13.6. The maximum Gasteiger partial charge on any atom is 0.213 e. The van der Waals surface area contributed by atoms with E-state index in [1.54, 1.807) is 29.7 Å². The predicted molar refractivity (Wildman–Crippen MR) is 70.3 cm³/mol. The van der Waals surface area contributed by atoms with Crippen LogP contribution in [0, 0.1) is 0 Å². The molecule has 0 aromatic carbocycles. The predicted octanol–water partition coefficient (Wildman–Crippen LogP) is 1.86. The van der Waals surface area contributed by atoms with Crippen LogP contribution in [0.3, 0.4) is 0 Å². The van der Waals surface area contributed by atoms with E-state index in [9.17, 15) is 0 Å². The van der Waals surface area contributed by atoms with Gasteiger partial charge in [-0.3, -0.25) is 0 Å². The molecule has 0 saturated carbocycles. The Bertz CT molecular complexity index is 526. The average Bonchev–Trinajstić information content (AvgIpc) is 2.91. The largest absolute Gasteiger partial charge is 0.477 e. The lowest BCUT2D eigenvalue weighted by molar-refractivity contribution is 0.310. The Morgan fingerprint density at radius 3 is 3.11 bits per heavy atom. The number of aromatic nitrogens is 1. The minimum Gasteiger partial charge on any atom is -0.477 e. The molecular formula is C12H13N3O2S. The minimum atomic E-state index is 0.0421. The van der Waals surface area contributed by atoms with Crippen LogP contribution in [0.15, 0.2) is 41.0 Å². The Morgan fingerprint density at radius 1 is 1.50 bits per heavy atom. The molecule has 2 rings (SSSR count). The van der Waals surface area contributed by atoms with Crippen molar-refractivity contribution in [2.45, 2.75) is 6.42 Å². The van der Waals surface area contributed by atoms with E-state index in [-0.39, 0.29) is 5.84 Å². The molecule has 0 fully saturated rings. The SMILES string of the molecule is N/C(=N/O)c1ccnc(OCCc2cccs2)c1. The lowest BCUT2D eigenvalue weighted by atomic mass is 10.2. The van der Waals surface area contributed by atoms with Crippen molar-refractivity contribution in [2.75, 3.05) is 6.61 Å². The Balaban J connectivity index is 1.93. The van der Waals surface area contributed by atoms with E-state index >= 15 is 0 Å². The van der Waals surface area contributed by atoms with Gasteiger partial charge in [-0.25, -0.2) is 4.98 Å². The Kier molecular flexibility index (Phi) is 4.14. The van der Waals surface area contributed by atoms with Crippen LogP contribution in [-0.4, -0.2) is 22.6 Å². The molecule has 18 heavy (non-hydrogen) atoms.